The molecule has 2 aromatic rings. The Bertz CT molecular complexity index is 925. The van der Waals surface area contributed by atoms with Gasteiger partial charge in [-0.15, -0.1) is 0 Å². The second-order valence-electron chi connectivity index (χ2n) is 8.00. The Morgan fingerprint density at radius 3 is 2.71 bits per heavy atom. The van der Waals surface area contributed by atoms with Crippen LogP contribution in [0.25, 0.3) is 0 Å². The van der Waals surface area contributed by atoms with E-state index in [-0.39, 0.29) is 0 Å². The van der Waals surface area contributed by atoms with Crippen molar-refractivity contribution in [2.75, 3.05) is 19.6 Å². The average molecular weight is 401 g/mol. The van der Waals surface area contributed by atoms with Crippen molar-refractivity contribution in [2.45, 2.75) is 44.4 Å². The molecule has 1 atom stereocenters. The molecule has 1 saturated heterocycles. The van der Waals surface area contributed by atoms with Gasteiger partial charge in [0.25, 0.3) is 0 Å². The number of benzene rings is 2. The normalized spacial score (nSPS) is 20.2. The molecule has 6 heteroatoms. The van der Waals surface area contributed by atoms with Gasteiger partial charge in [-0.2, -0.15) is 0 Å². The van der Waals surface area contributed by atoms with Crippen molar-refractivity contribution < 1.29 is 13.2 Å². The fraction of sp³-hybridized carbons (Fsp3) is 0.455. The van der Waals surface area contributed by atoms with Crippen LogP contribution in [0.5, 0.6) is 0 Å². The van der Waals surface area contributed by atoms with Crippen molar-refractivity contribution in [2.24, 2.45) is 5.92 Å². The minimum absolute atomic E-state index is 0.339. The molecule has 0 radical (unpaired) electrons. The second kappa shape index (κ2) is 8.33. The van der Waals surface area contributed by atoms with Crippen LogP contribution in [0, 0.1) is 12.8 Å². The minimum Gasteiger partial charge on any atom is -0.372 e. The monoisotopic (exact) mass is 400 g/mol. The van der Waals surface area contributed by atoms with Gasteiger partial charge in [-0.3, -0.25) is 4.90 Å². The lowest BCUT2D eigenvalue weighted by molar-refractivity contribution is 0.134. The van der Waals surface area contributed by atoms with E-state index in [4.69, 9.17) is 4.74 Å². The highest BCUT2D eigenvalue weighted by atomic mass is 32.2. The highest BCUT2D eigenvalue weighted by Crippen LogP contribution is 2.23. The molecule has 5 nitrogen and oxygen atoms in total. The molecule has 1 fully saturated rings. The van der Waals surface area contributed by atoms with Gasteiger partial charge < -0.3 is 4.74 Å². The smallest absolute Gasteiger partial charge is 0.240 e. The van der Waals surface area contributed by atoms with Gasteiger partial charge in [0, 0.05) is 19.6 Å². The first-order chi connectivity index (χ1) is 13.5. The Balaban J connectivity index is 1.33. The maximum absolute atomic E-state index is 12.5. The van der Waals surface area contributed by atoms with E-state index >= 15 is 0 Å². The number of nitrogens with zero attached hydrogens (tertiary/aromatic N) is 1. The number of hydrogen-bond acceptors (Lipinski definition) is 4. The minimum atomic E-state index is -3.44. The zero-order valence-electron chi connectivity index (χ0n) is 16.4. The summed E-state index contributed by atoms with van der Waals surface area (Å²) in [6, 6.07) is 13.6. The van der Waals surface area contributed by atoms with E-state index in [1.807, 2.05) is 19.1 Å². The van der Waals surface area contributed by atoms with E-state index in [1.165, 1.54) is 16.7 Å². The van der Waals surface area contributed by atoms with E-state index in [0.29, 0.717) is 24.0 Å². The largest absolute Gasteiger partial charge is 0.372 e. The van der Waals surface area contributed by atoms with Crippen LogP contribution in [-0.2, 0) is 34.5 Å². The van der Waals surface area contributed by atoms with Crippen LogP contribution >= 0.6 is 0 Å². The van der Waals surface area contributed by atoms with Gasteiger partial charge in [0.15, 0.2) is 0 Å². The first-order valence-corrected chi connectivity index (χ1v) is 11.4. The Labute approximate surface area is 167 Å². The summed E-state index contributed by atoms with van der Waals surface area (Å²) in [5.74, 6) is 0.340. The summed E-state index contributed by atoms with van der Waals surface area (Å²) >= 11 is 0. The van der Waals surface area contributed by atoms with Gasteiger partial charge in [-0.25, -0.2) is 13.1 Å². The maximum atomic E-state index is 12.5. The number of ether oxygens (including phenoxy) is 1. The fourth-order valence-electron chi connectivity index (χ4n) is 4.07. The standard InChI is InChI=1S/C22H28N2O3S/c1-17-4-8-22(9-5-17)28(25,26)23-12-19-3-2-10-24(14-19)13-18-6-7-20-15-27-16-21(20)11-18/h4-9,11,19,23H,2-3,10,12-16H2,1H3. The number of piperidine rings is 1. The molecule has 1 unspecified atom stereocenters. The first-order valence-electron chi connectivity index (χ1n) is 9.97. The van der Waals surface area contributed by atoms with E-state index < -0.39 is 10.0 Å². The quantitative estimate of drug-likeness (QED) is 0.809. The zero-order valence-corrected chi connectivity index (χ0v) is 17.2. The van der Waals surface area contributed by atoms with Crippen molar-refractivity contribution >= 4 is 10.0 Å². The molecule has 0 spiro atoms. The van der Waals surface area contributed by atoms with Gasteiger partial charge in [-0.05, 0) is 61.1 Å². The van der Waals surface area contributed by atoms with Gasteiger partial charge in [0.05, 0.1) is 18.1 Å². The summed E-state index contributed by atoms with van der Waals surface area (Å²) in [6.45, 7) is 6.78. The molecule has 0 amide bonds. The first kappa shape index (κ1) is 19.6. The molecule has 28 heavy (non-hydrogen) atoms. The van der Waals surface area contributed by atoms with Crippen LogP contribution in [0.4, 0.5) is 0 Å². The fourth-order valence-corrected chi connectivity index (χ4v) is 5.19. The Morgan fingerprint density at radius 2 is 1.89 bits per heavy atom. The topological polar surface area (TPSA) is 58.6 Å². The van der Waals surface area contributed by atoms with Crippen LogP contribution in [-0.4, -0.2) is 33.0 Å². The van der Waals surface area contributed by atoms with Crippen molar-refractivity contribution in [1.82, 2.24) is 9.62 Å². The highest BCUT2D eigenvalue weighted by Gasteiger charge is 2.23. The van der Waals surface area contributed by atoms with Crippen LogP contribution in [0.15, 0.2) is 47.4 Å². The van der Waals surface area contributed by atoms with Crippen LogP contribution < -0.4 is 4.72 Å². The van der Waals surface area contributed by atoms with Gasteiger partial charge in [0.1, 0.15) is 0 Å². The third kappa shape index (κ3) is 4.63. The van der Waals surface area contributed by atoms with Gasteiger partial charge in [-0.1, -0.05) is 35.9 Å². The highest BCUT2D eigenvalue weighted by molar-refractivity contribution is 7.89. The molecule has 0 saturated carbocycles. The third-order valence-electron chi connectivity index (χ3n) is 5.69. The lowest BCUT2D eigenvalue weighted by Crippen LogP contribution is -2.40. The Kier molecular flexibility index (Phi) is 5.83. The van der Waals surface area contributed by atoms with Gasteiger partial charge >= 0.3 is 0 Å². The molecule has 2 aromatic carbocycles. The molecule has 2 heterocycles. The number of sulfonamides is 1. The summed E-state index contributed by atoms with van der Waals surface area (Å²) < 4.78 is 33.4. The summed E-state index contributed by atoms with van der Waals surface area (Å²) in [7, 11) is -3.44. The van der Waals surface area contributed by atoms with Crippen LogP contribution in [0.2, 0.25) is 0 Å². The summed E-state index contributed by atoms with van der Waals surface area (Å²) in [4.78, 5) is 2.78. The van der Waals surface area contributed by atoms with Crippen molar-refractivity contribution in [3.8, 4) is 0 Å². The Morgan fingerprint density at radius 1 is 1.11 bits per heavy atom. The van der Waals surface area contributed by atoms with E-state index in [9.17, 15) is 8.42 Å². The summed E-state index contributed by atoms with van der Waals surface area (Å²) in [5, 5.41) is 0. The lowest BCUT2D eigenvalue weighted by Gasteiger charge is -2.33. The number of likely N-dealkylation sites (tertiary alicyclic amines) is 1. The average Bonchev–Trinajstić information content (AvgIpc) is 3.15. The molecule has 0 bridgehead atoms. The summed E-state index contributed by atoms with van der Waals surface area (Å²) in [5.41, 5.74) is 4.97. The van der Waals surface area contributed by atoms with E-state index in [1.54, 1.807) is 12.1 Å². The lowest BCUT2D eigenvalue weighted by atomic mass is 9.97. The van der Waals surface area contributed by atoms with Crippen molar-refractivity contribution in [3.05, 3.63) is 64.7 Å². The number of aryl methyl sites for hydroxylation is 1. The van der Waals surface area contributed by atoms with Gasteiger partial charge in [0.2, 0.25) is 10.0 Å². The molecule has 1 N–H and O–H groups in total. The predicted octanol–water partition coefficient (Wildman–Crippen LogP) is 3.22. The second-order valence-corrected chi connectivity index (χ2v) is 9.77. The Hall–Kier alpha value is -1.73. The van der Waals surface area contributed by atoms with Crippen molar-refractivity contribution in [3.63, 3.8) is 0 Å². The molecule has 0 aromatic heterocycles. The van der Waals surface area contributed by atoms with E-state index in [0.717, 1.165) is 44.6 Å². The SMILES string of the molecule is Cc1ccc(S(=O)(=O)NCC2CCCN(Cc3ccc4c(c3)COC4)C2)cc1. The third-order valence-corrected chi connectivity index (χ3v) is 7.13. The van der Waals surface area contributed by atoms with Crippen molar-refractivity contribution in [1.29, 1.82) is 0 Å². The number of nitrogens with one attached hydrogen (secondary N) is 1. The number of fused-ring (bicyclic) bond motifs is 1. The zero-order chi connectivity index (χ0) is 19.6. The number of hydrogen-bond donors (Lipinski definition) is 1. The van der Waals surface area contributed by atoms with E-state index in [2.05, 4.69) is 27.8 Å². The number of rotatable bonds is 6. The molecule has 150 valence electrons. The predicted molar refractivity (Wildman–Crippen MR) is 109 cm³/mol. The van der Waals surface area contributed by atoms with Crippen LogP contribution in [0.3, 0.4) is 0 Å². The van der Waals surface area contributed by atoms with Crippen LogP contribution in [0.1, 0.15) is 35.1 Å². The molecular formula is C22H28N2O3S. The molecule has 0 aliphatic carbocycles. The summed E-state index contributed by atoms with van der Waals surface area (Å²) in [6.07, 6.45) is 2.16. The molecule has 4 rings (SSSR count). The molecule has 2 aliphatic heterocycles. The maximum Gasteiger partial charge on any atom is 0.240 e. The molecule has 2 aliphatic rings. The molecular weight excluding hydrogens is 372 g/mol.